The number of thiazole rings is 1. The monoisotopic (exact) mass is 385 g/mol. The first kappa shape index (κ1) is 18.1. The lowest BCUT2D eigenvalue weighted by molar-refractivity contribution is 0.0954. The zero-order valence-electron chi connectivity index (χ0n) is 15.2. The van der Waals surface area contributed by atoms with E-state index >= 15 is 0 Å². The van der Waals surface area contributed by atoms with E-state index in [0.717, 1.165) is 27.4 Å². The lowest BCUT2D eigenvalue weighted by Gasteiger charge is -2.06. The predicted molar refractivity (Wildman–Crippen MR) is 113 cm³/mol. The first-order valence-electron chi connectivity index (χ1n) is 9.08. The molecule has 1 amide bonds. The van der Waals surface area contributed by atoms with Gasteiger partial charge in [-0.25, -0.2) is 4.98 Å². The standard InChI is InChI=1S/C23H19N3OS/c27-23(19-10-8-18(9-11-19)17-5-2-1-3-6-17)25-14-12-22-26-21(16-28-22)20-7-4-13-24-15-20/h1-11,13,15-16H,12,14H2,(H,25,27). The van der Waals surface area contributed by atoms with Crippen LogP contribution in [0.25, 0.3) is 22.4 Å². The molecule has 0 aliphatic rings. The lowest BCUT2D eigenvalue weighted by atomic mass is 10.0. The Kier molecular flexibility index (Phi) is 5.54. The van der Waals surface area contributed by atoms with Crippen molar-refractivity contribution in [2.45, 2.75) is 6.42 Å². The van der Waals surface area contributed by atoms with Gasteiger partial charge < -0.3 is 5.32 Å². The summed E-state index contributed by atoms with van der Waals surface area (Å²) in [5.41, 5.74) is 4.84. The maximum absolute atomic E-state index is 12.4. The number of carbonyl (C=O) groups excluding carboxylic acids is 1. The normalized spacial score (nSPS) is 10.6. The summed E-state index contributed by atoms with van der Waals surface area (Å²) in [6, 6.07) is 21.7. The molecule has 0 spiro atoms. The Balaban J connectivity index is 1.32. The quantitative estimate of drug-likeness (QED) is 0.516. The molecular formula is C23H19N3OS. The van der Waals surface area contributed by atoms with Crippen LogP contribution < -0.4 is 5.32 Å². The summed E-state index contributed by atoms with van der Waals surface area (Å²) in [5, 5.41) is 5.99. The van der Waals surface area contributed by atoms with Crippen LogP contribution in [0.5, 0.6) is 0 Å². The van der Waals surface area contributed by atoms with Gasteiger partial charge in [0.2, 0.25) is 0 Å². The van der Waals surface area contributed by atoms with Crippen LogP contribution in [0.4, 0.5) is 0 Å². The molecule has 4 nitrogen and oxygen atoms in total. The average molecular weight is 385 g/mol. The molecule has 4 aromatic rings. The third-order valence-electron chi connectivity index (χ3n) is 4.39. The molecule has 5 heteroatoms. The van der Waals surface area contributed by atoms with Crippen molar-refractivity contribution in [1.29, 1.82) is 0 Å². The number of nitrogens with zero attached hydrogens (tertiary/aromatic N) is 2. The summed E-state index contributed by atoms with van der Waals surface area (Å²) in [6.45, 7) is 0.555. The summed E-state index contributed by atoms with van der Waals surface area (Å²) in [6.07, 6.45) is 4.26. The maximum atomic E-state index is 12.4. The van der Waals surface area contributed by atoms with E-state index in [2.05, 4.69) is 27.4 Å². The summed E-state index contributed by atoms with van der Waals surface area (Å²) in [4.78, 5) is 21.1. The number of nitrogens with one attached hydrogen (secondary N) is 1. The number of benzene rings is 2. The van der Waals surface area contributed by atoms with Gasteiger partial charge in [-0.2, -0.15) is 0 Å². The van der Waals surface area contributed by atoms with E-state index < -0.39 is 0 Å². The fraction of sp³-hybridized carbons (Fsp3) is 0.0870. The average Bonchev–Trinajstić information content (AvgIpc) is 3.24. The molecule has 138 valence electrons. The summed E-state index contributed by atoms with van der Waals surface area (Å²) in [7, 11) is 0. The van der Waals surface area contributed by atoms with E-state index in [1.807, 2.05) is 60.0 Å². The molecule has 0 bridgehead atoms. The van der Waals surface area contributed by atoms with Crippen LogP contribution in [-0.4, -0.2) is 22.4 Å². The Morgan fingerprint density at radius 3 is 2.39 bits per heavy atom. The van der Waals surface area contributed by atoms with Gasteiger partial charge in [0, 0.05) is 41.9 Å². The van der Waals surface area contributed by atoms with Crippen molar-refractivity contribution in [1.82, 2.24) is 15.3 Å². The first-order valence-corrected chi connectivity index (χ1v) is 9.96. The van der Waals surface area contributed by atoms with Crippen molar-refractivity contribution in [3.8, 4) is 22.4 Å². The van der Waals surface area contributed by atoms with Crippen molar-refractivity contribution in [3.05, 3.63) is 95.1 Å². The van der Waals surface area contributed by atoms with E-state index in [9.17, 15) is 4.79 Å². The van der Waals surface area contributed by atoms with Gasteiger partial charge >= 0.3 is 0 Å². The van der Waals surface area contributed by atoms with Crippen molar-refractivity contribution in [2.75, 3.05) is 6.54 Å². The SMILES string of the molecule is O=C(NCCc1nc(-c2cccnc2)cs1)c1ccc(-c2ccccc2)cc1. The van der Waals surface area contributed by atoms with E-state index in [4.69, 9.17) is 0 Å². The van der Waals surface area contributed by atoms with Gasteiger partial charge in [0.15, 0.2) is 0 Å². The Labute approximate surface area is 167 Å². The number of aromatic nitrogens is 2. The molecule has 2 aromatic heterocycles. The highest BCUT2D eigenvalue weighted by Crippen LogP contribution is 2.21. The Morgan fingerprint density at radius 1 is 0.893 bits per heavy atom. The molecule has 4 rings (SSSR count). The molecule has 0 unspecified atom stereocenters. The Bertz CT molecular complexity index is 1040. The van der Waals surface area contributed by atoms with Crippen LogP contribution in [0.1, 0.15) is 15.4 Å². The van der Waals surface area contributed by atoms with Gasteiger partial charge in [-0.1, -0.05) is 42.5 Å². The molecular weight excluding hydrogens is 366 g/mol. The molecule has 28 heavy (non-hydrogen) atoms. The van der Waals surface area contributed by atoms with Crippen LogP contribution in [0.3, 0.4) is 0 Å². The number of hydrogen-bond acceptors (Lipinski definition) is 4. The molecule has 0 aliphatic carbocycles. The highest BCUT2D eigenvalue weighted by molar-refractivity contribution is 7.09. The largest absolute Gasteiger partial charge is 0.352 e. The number of amides is 1. The topological polar surface area (TPSA) is 54.9 Å². The molecule has 0 radical (unpaired) electrons. The van der Waals surface area contributed by atoms with E-state index in [1.165, 1.54) is 0 Å². The van der Waals surface area contributed by atoms with Gasteiger partial charge in [0.25, 0.3) is 5.91 Å². The minimum Gasteiger partial charge on any atom is -0.352 e. The Hall–Kier alpha value is -3.31. The summed E-state index contributed by atoms with van der Waals surface area (Å²) < 4.78 is 0. The van der Waals surface area contributed by atoms with Crippen LogP contribution in [0.15, 0.2) is 84.5 Å². The fourth-order valence-electron chi connectivity index (χ4n) is 2.90. The highest BCUT2D eigenvalue weighted by atomic mass is 32.1. The summed E-state index contributed by atoms with van der Waals surface area (Å²) >= 11 is 1.60. The summed E-state index contributed by atoms with van der Waals surface area (Å²) in [5.74, 6) is -0.0661. The van der Waals surface area contributed by atoms with Crippen LogP contribution in [0, 0.1) is 0 Å². The number of rotatable bonds is 6. The second-order valence-electron chi connectivity index (χ2n) is 6.32. The van der Waals surface area contributed by atoms with E-state index in [0.29, 0.717) is 18.5 Å². The van der Waals surface area contributed by atoms with Crippen molar-refractivity contribution in [3.63, 3.8) is 0 Å². The smallest absolute Gasteiger partial charge is 0.251 e. The second-order valence-corrected chi connectivity index (χ2v) is 7.26. The highest BCUT2D eigenvalue weighted by Gasteiger charge is 2.08. The molecule has 0 atom stereocenters. The van der Waals surface area contributed by atoms with Crippen molar-refractivity contribution >= 4 is 17.2 Å². The van der Waals surface area contributed by atoms with Gasteiger partial charge in [-0.3, -0.25) is 9.78 Å². The molecule has 2 aromatic carbocycles. The predicted octanol–water partition coefficient (Wildman–Crippen LogP) is 4.84. The molecule has 0 aliphatic heterocycles. The number of pyridine rings is 1. The van der Waals surface area contributed by atoms with Crippen molar-refractivity contribution < 1.29 is 4.79 Å². The van der Waals surface area contributed by atoms with Crippen LogP contribution in [-0.2, 0) is 6.42 Å². The van der Waals surface area contributed by atoms with E-state index in [1.54, 1.807) is 23.7 Å². The molecule has 0 fully saturated rings. The van der Waals surface area contributed by atoms with E-state index in [-0.39, 0.29) is 5.91 Å². The minimum atomic E-state index is -0.0661. The van der Waals surface area contributed by atoms with Gasteiger partial charge in [-0.05, 0) is 35.4 Å². The number of hydrogen-bond donors (Lipinski definition) is 1. The molecule has 2 heterocycles. The van der Waals surface area contributed by atoms with Crippen molar-refractivity contribution in [2.24, 2.45) is 0 Å². The van der Waals surface area contributed by atoms with Crippen LogP contribution >= 0.6 is 11.3 Å². The Morgan fingerprint density at radius 2 is 1.64 bits per heavy atom. The zero-order valence-corrected chi connectivity index (χ0v) is 16.0. The van der Waals surface area contributed by atoms with Gasteiger partial charge in [-0.15, -0.1) is 11.3 Å². The van der Waals surface area contributed by atoms with Gasteiger partial charge in [0.1, 0.15) is 0 Å². The maximum Gasteiger partial charge on any atom is 0.251 e. The third kappa shape index (κ3) is 4.32. The second kappa shape index (κ2) is 8.59. The molecule has 0 saturated heterocycles. The fourth-order valence-corrected chi connectivity index (χ4v) is 3.71. The first-order chi connectivity index (χ1) is 13.8. The van der Waals surface area contributed by atoms with Gasteiger partial charge in [0.05, 0.1) is 10.7 Å². The number of carbonyl (C=O) groups is 1. The van der Waals surface area contributed by atoms with Crippen LogP contribution in [0.2, 0.25) is 0 Å². The lowest BCUT2D eigenvalue weighted by Crippen LogP contribution is -2.25. The molecule has 1 N–H and O–H groups in total. The minimum absolute atomic E-state index is 0.0661. The zero-order chi connectivity index (χ0) is 19.2. The third-order valence-corrected chi connectivity index (χ3v) is 5.30. The molecule has 0 saturated carbocycles.